The Kier molecular flexibility index (Phi) is 5.72. The molecule has 1 aliphatic rings. The minimum absolute atomic E-state index is 0.0205. The minimum Gasteiger partial charge on any atom is -0.368 e. The van der Waals surface area contributed by atoms with E-state index >= 15 is 0 Å². The van der Waals surface area contributed by atoms with Gasteiger partial charge in [0.15, 0.2) is 0 Å². The Morgan fingerprint density at radius 2 is 2.07 bits per heavy atom. The number of anilines is 1. The van der Waals surface area contributed by atoms with Gasteiger partial charge in [-0.25, -0.2) is 5.43 Å². The highest BCUT2D eigenvalue weighted by Crippen LogP contribution is 2.25. The molecule has 1 amide bonds. The lowest BCUT2D eigenvalue weighted by molar-refractivity contribution is -0.384. The smallest absolute Gasteiger partial charge is 0.272 e. The summed E-state index contributed by atoms with van der Waals surface area (Å²) in [6.45, 7) is 3.45. The summed E-state index contributed by atoms with van der Waals surface area (Å²) in [6, 6.07) is 7.96. The number of carbonyl (C=O) groups is 1. The minimum atomic E-state index is -0.445. The molecule has 1 aliphatic heterocycles. The number of hydrogen-bond donors (Lipinski definition) is 1. The van der Waals surface area contributed by atoms with Gasteiger partial charge >= 0.3 is 0 Å². The fourth-order valence-electron chi connectivity index (χ4n) is 2.82. The molecule has 0 aliphatic carbocycles. The third-order valence-electron chi connectivity index (χ3n) is 4.36. The zero-order valence-electron chi connectivity index (χ0n) is 14.9. The van der Waals surface area contributed by atoms with Crippen molar-refractivity contribution < 1.29 is 9.72 Å². The summed E-state index contributed by atoms with van der Waals surface area (Å²) in [5, 5.41) is 15.1. The zero-order valence-corrected chi connectivity index (χ0v) is 14.9. The van der Waals surface area contributed by atoms with Gasteiger partial charge in [0.05, 0.1) is 16.7 Å². The molecule has 0 saturated carbocycles. The quantitative estimate of drug-likeness (QED) is 0.487. The van der Waals surface area contributed by atoms with Gasteiger partial charge in [-0.3, -0.25) is 19.9 Å². The van der Waals surface area contributed by atoms with Crippen LogP contribution in [0.15, 0.2) is 47.8 Å². The third-order valence-corrected chi connectivity index (χ3v) is 4.36. The van der Waals surface area contributed by atoms with Crippen molar-refractivity contribution >= 4 is 23.5 Å². The number of benzene rings is 1. The van der Waals surface area contributed by atoms with Gasteiger partial charge in [-0.1, -0.05) is 0 Å². The van der Waals surface area contributed by atoms with Crippen LogP contribution in [0.1, 0.15) is 15.9 Å². The van der Waals surface area contributed by atoms with Gasteiger partial charge in [-0.2, -0.15) is 5.10 Å². The molecule has 9 nitrogen and oxygen atoms in total. The number of likely N-dealkylation sites (N-methyl/N-ethyl adjacent to an activating group) is 1. The fourth-order valence-corrected chi connectivity index (χ4v) is 2.82. The molecule has 2 heterocycles. The van der Waals surface area contributed by atoms with E-state index in [4.69, 9.17) is 0 Å². The van der Waals surface area contributed by atoms with Crippen molar-refractivity contribution in [2.45, 2.75) is 0 Å². The van der Waals surface area contributed by atoms with Crippen LogP contribution in [0.25, 0.3) is 0 Å². The Bertz CT molecular complexity index is 847. The standard InChI is InChI=1S/C18H20N6O3/c1-22-7-9-23(10-8-22)17-5-4-16(24(26)27)11-15(17)13-20-21-18(25)14-3-2-6-19-12-14/h2-6,11-13H,7-10H2,1H3,(H,21,25). The van der Waals surface area contributed by atoms with Crippen molar-refractivity contribution in [3.8, 4) is 0 Å². The lowest BCUT2D eigenvalue weighted by Gasteiger charge is -2.34. The van der Waals surface area contributed by atoms with Crippen molar-refractivity contribution in [2.75, 3.05) is 38.1 Å². The Balaban J connectivity index is 1.80. The van der Waals surface area contributed by atoms with Crippen LogP contribution in [-0.2, 0) is 0 Å². The summed E-state index contributed by atoms with van der Waals surface area (Å²) in [5.74, 6) is -0.397. The summed E-state index contributed by atoms with van der Waals surface area (Å²) in [4.78, 5) is 31.0. The molecule has 1 fully saturated rings. The first-order valence-corrected chi connectivity index (χ1v) is 8.50. The largest absolute Gasteiger partial charge is 0.368 e. The van der Waals surface area contributed by atoms with Crippen LogP contribution < -0.4 is 10.3 Å². The SMILES string of the molecule is CN1CCN(c2ccc([N+](=O)[O-])cc2C=NNC(=O)c2cccnc2)CC1. The van der Waals surface area contributed by atoms with Gasteiger partial charge in [0.2, 0.25) is 0 Å². The Morgan fingerprint density at radius 1 is 1.30 bits per heavy atom. The van der Waals surface area contributed by atoms with E-state index in [-0.39, 0.29) is 5.69 Å². The Morgan fingerprint density at radius 3 is 2.74 bits per heavy atom. The number of rotatable bonds is 5. The molecule has 0 radical (unpaired) electrons. The number of aromatic nitrogens is 1. The summed E-state index contributed by atoms with van der Waals surface area (Å²) in [7, 11) is 2.06. The van der Waals surface area contributed by atoms with Crippen molar-refractivity contribution in [1.29, 1.82) is 0 Å². The maximum atomic E-state index is 12.0. The number of nitro groups is 1. The highest BCUT2D eigenvalue weighted by molar-refractivity contribution is 5.95. The number of nitrogens with one attached hydrogen (secondary N) is 1. The lowest BCUT2D eigenvalue weighted by Crippen LogP contribution is -2.44. The number of nitro benzene ring substituents is 1. The predicted molar refractivity (Wildman–Crippen MR) is 102 cm³/mol. The van der Waals surface area contributed by atoms with Gasteiger partial charge in [0.25, 0.3) is 11.6 Å². The molecule has 1 saturated heterocycles. The maximum Gasteiger partial charge on any atom is 0.272 e. The first kappa shape index (κ1) is 18.5. The van der Waals surface area contributed by atoms with Gasteiger partial charge in [-0.15, -0.1) is 0 Å². The molecule has 1 aromatic heterocycles. The number of nitrogens with zero attached hydrogens (tertiary/aromatic N) is 5. The van der Waals surface area contributed by atoms with E-state index in [0.29, 0.717) is 11.1 Å². The average molecular weight is 368 g/mol. The second kappa shape index (κ2) is 8.37. The van der Waals surface area contributed by atoms with E-state index in [1.54, 1.807) is 24.4 Å². The molecule has 1 aromatic carbocycles. The summed E-state index contributed by atoms with van der Waals surface area (Å²) in [5.41, 5.74) is 4.23. The molecule has 9 heteroatoms. The Labute approximate surface area is 156 Å². The van der Waals surface area contributed by atoms with Crippen LogP contribution in [-0.4, -0.2) is 60.2 Å². The van der Waals surface area contributed by atoms with E-state index in [2.05, 4.69) is 32.4 Å². The number of pyridine rings is 1. The molecule has 0 bridgehead atoms. The van der Waals surface area contributed by atoms with Crippen LogP contribution in [0.4, 0.5) is 11.4 Å². The molecule has 0 spiro atoms. The van der Waals surface area contributed by atoms with E-state index < -0.39 is 10.8 Å². The molecular weight excluding hydrogens is 348 g/mol. The molecule has 2 aromatic rings. The van der Waals surface area contributed by atoms with Crippen molar-refractivity contribution in [3.63, 3.8) is 0 Å². The number of carbonyl (C=O) groups excluding carboxylic acids is 1. The van der Waals surface area contributed by atoms with Crippen LogP contribution in [0.2, 0.25) is 0 Å². The predicted octanol–water partition coefficient (Wildman–Crippen LogP) is 1.51. The zero-order chi connectivity index (χ0) is 19.2. The van der Waals surface area contributed by atoms with E-state index in [9.17, 15) is 14.9 Å². The van der Waals surface area contributed by atoms with Gasteiger partial charge in [0, 0.05) is 62.0 Å². The second-order valence-corrected chi connectivity index (χ2v) is 6.23. The highest BCUT2D eigenvalue weighted by atomic mass is 16.6. The van der Waals surface area contributed by atoms with E-state index in [1.165, 1.54) is 24.5 Å². The highest BCUT2D eigenvalue weighted by Gasteiger charge is 2.18. The number of hydrazone groups is 1. The van der Waals surface area contributed by atoms with Gasteiger partial charge in [0.1, 0.15) is 0 Å². The van der Waals surface area contributed by atoms with Crippen molar-refractivity contribution in [3.05, 3.63) is 64.0 Å². The molecular formula is C18H20N6O3. The molecule has 0 unspecified atom stereocenters. The monoisotopic (exact) mass is 368 g/mol. The normalized spacial score (nSPS) is 15.1. The number of non-ortho nitro benzene ring substituents is 1. The fraction of sp³-hybridized carbons (Fsp3) is 0.278. The molecule has 1 N–H and O–H groups in total. The van der Waals surface area contributed by atoms with Crippen LogP contribution in [0, 0.1) is 10.1 Å². The van der Waals surface area contributed by atoms with Crippen LogP contribution in [0.5, 0.6) is 0 Å². The number of piperazine rings is 1. The number of hydrogen-bond acceptors (Lipinski definition) is 7. The second-order valence-electron chi connectivity index (χ2n) is 6.23. The van der Waals surface area contributed by atoms with Gasteiger partial charge in [-0.05, 0) is 25.2 Å². The molecule has 0 atom stereocenters. The average Bonchev–Trinajstić information content (AvgIpc) is 2.69. The van der Waals surface area contributed by atoms with Crippen LogP contribution >= 0.6 is 0 Å². The summed E-state index contributed by atoms with van der Waals surface area (Å²) < 4.78 is 0. The van der Waals surface area contributed by atoms with E-state index in [0.717, 1.165) is 31.9 Å². The topological polar surface area (TPSA) is 104 Å². The summed E-state index contributed by atoms with van der Waals surface area (Å²) >= 11 is 0. The third kappa shape index (κ3) is 4.64. The van der Waals surface area contributed by atoms with Crippen molar-refractivity contribution in [1.82, 2.24) is 15.3 Å². The van der Waals surface area contributed by atoms with Crippen LogP contribution in [0.3, 0.4) is 0 Å². The number of amides is 1. The Hall–Kier alpha value is -3.33. The lowest BCUT2D eigenvalue weighted by atomic mass is 10.1. The summed E-state index contributed by atoms with van der Waals surface area (Å²) in [6.07, 6.45) is 4.45. The first-order valence-electron chi connectivity index (χ1n) is 8.50. The molecule has 27 heavy (non-hydrogen) atoms. The van der Waals surface area contributed by atoms with E-state index in [1.807, 2.05) is 0 Å². The maximum absolute atomic E-state index is 12.0. The molecule has 140 valence electrons. The molecule has 3 rings (SSSR count). The first-order chi connectivity index (χ1) is 13.0. The van der Waals surface area contributed by atoms with Crippen molar-refractivity contribution in [2.24, 2.45) is 5.10 Å². The van der Waals surface area contributed by atoms with Gasteiger partial charge < -0.3 is 9.80 Å².